The van der Waals surface area contributed by atoms with E-state index in [2.05, 4.69) is 5.32 Å². The summed E-state index contributed by atoms with van der Waals surface area (Å²) in [4.78, 5) is 48.9. The average molecular weight is 397 g/mol. The molecule has 28 heavy (non-hydrogen) atoms. The van der Waals surface area contributed by atoms with Gasteiger partial charge in [0.1, 0.15) is 0 Å². The number of carbonyl (C=O) groups is 4. The zero-order valence-electron chi connectivity index (χ0n) is 16.6. The molecule has 0 aromatic heterocycles. The molecule has 8 heteroatoms. The van der Waals surface area contributed by atoms with Gasteiger partial charge in [0.15, 0.2) is 6.04 Å². The lowest BCUT2D eigenvalue weighted by atomic mass is 10.1. The molecule has 2 amide bonds. The molecule has 0 saturated carbocycles. The lowest BCUT2D eigenvalue weighted by Crippen LogP contribution is -3.17. The van der Waals surface area contributed by atoms with Crippen molar-refractivity contribution in [2.75, 3.05) is 26.3 Å². The van der Waals surface area contributed by atoms with Crippen molar-refractivity contribution in [3.05, 3.63) is 0 Å². The number of hydrogen-bond acceptors (Lipinski definition) is 6. The summed E-state index contributed by atoms with van der Waals surface area (Å²) in [5, 5.41) is 2.84. The van der Waals surface area contributed by atoms with Crippen LogP contribution in [0.25, 0.3) is 0 Å². The van der Waals surface area contributed by atoms with E-state index in [1.165, 1.54) is 0 Å². The van der Waals surface area contributed by atoms with Crippen molar-refractivity contribution in [1.82, 2.24) is 5.32 Å². The Bertz CT molecular complexity index is 551. The summed E-state index contributed by atoms with van der Waals surface area (Å²) in [6.07, 6.45) is 6.56. The van der Waals surface area contributed by atoms with Crippen molar-refractivity contribution < 1.29 is 33.6 Å². The minimum Gasteiger partial charge on any atom is -0.466 e. The van der Waals surface area contributed by atoms with Crippen LogP contribution in [-0.2, 0) is 28.7 Å². The minimum absolute atomic E-state index is 0.0316. The SMILES string of the molecule is O=C1CCCCC(=O)[NH+]2CCCC2C(=O)OCCCCOC(=O)CCCCN1. The first kappa shape index (κ1) is 22.3. The van der Waals surface area contributed by atoms with Gasteiger partial charge in [-0.3, -0.25) is 14.5 Å². The van der Waals surface area contributed by atoms with Crippen LogP contribution in [0, 0.1) is 0 Å². The third-order valence-electron chi connectivity index (χ3n) is 5.24. The van der Waals surface area contributed by atoms with Gasteiger partial charge in [0, 0.05) is 32.2 Å². The maximum Gasteiger partial charge on any atom is 0.365 e. The van der Waals surface area contributed by atoms with Crippen molar-refractivity contribution in [3.8, 4) is 0 Å². The Morgan fingerprint density at radius 1 is 0.786 bits per heavy atom. The van der Waals surface area contributed by atoms with E-state index >= 15 is 0 Å². The summed E-state index contributed by atoms with van der Waals surface area (Å²) in [5.41, 5.74) is 0. The average Bonchev–Trinajstić information content (AvgIpc) is 3.16. The molecule has 0 aromatic rings. The van der Waals surface area contributed by atoms with Crippen molar-refractivity contribution in [2.45, 2.75) is 76.7 Å². The van der Waals surface area contributed by atoms with Gasteiger partial charge in [0.25, 0.3) is 0 Å². The Morgan fingerprint density at radius 3 is 2.32 bits per heavy atom. The summed E-state index contributed by atoms with van der Waals surface area (Å²) in [5.74, 6) is -0.547. The quantitative estimate of drug-likeness (QED) is 0.570. The fourth-order valence-electron chi connectivity index (χ4n) is 3.62. The Morgan fingerprint density at radius 2 is 1.50 bits per heavy atom. The molecule has 2 atom stereocenters. The summed E-state index contributed by atoms with van der Waals surface area (Å²) in [6, 6.07) is -0.414. The van der Waals surface area contributed by atoms with Gasteiger partial charge in [-0.15, -0.1) is 0 Å². The van der Waals surface area contributed by atoms with Gasteiger partial charge < -0.3 is 14.8 Å². The first-order chi connectivity index (χ1) is 13.6. The van der Waals surface area contributed by atoms with E-state index in [0.29, 0.717) is 82.4 Å². The zero-order valence-corrected chi connectivity index (χ0v) is 16.6. The lowest BCUT2D eigenvalue weighted by Gasteiger charge is -2.18. The molecule has 0 bridgehead atoms. The molecule has 158 valence electrons. The number of amides is 2. The highest BCUT2D eigenvalue weighted by Crippen LogP contribution is 2.06. The Labute approximate surface area is 166 Å². The molecule has 2 rings (SSSR count). The number of ether oxygens (including phenoxy) is 2. The van der Waals surface area contributed by atoms with Crippen LogP contribution in [0.5, 0.6) is 0 Å². The van der Waals surface area contributed by atoms with Crippen LogP contribution in [0.1, 0.15) is 70.6 Å². The van der Waals surface area contributed by atoms with E-state index in [4.69, 9.17) is 9.47 Å². The Hall–Kier alpha value is -1.96. The zero-order chi connectivity index (χ0) is 20.2. The van der Waals surface area contributed by atoms with Gasteiger partial charge >= 0.3 is 17.8 Å². The predicted octanol–water partition coefficient (Wildman–Crippen LogP) is 0.287. The second kappa shape index (κ2) is 12.5. The fraction of sp³-hybridized carbons (Fsp3) is 0.800. The first-order valence-corrected chi connectivity index (χ1v) is 10.6. The van der Waals surface area contributed by atoms with E-state index in [9.17, 15) is 19.2 Å². The summed E-state index contributed by atoms with van der Waals surface area (Å²) in [6.45, 7) is 1.80. The molecule has 2 N–H and O–H groups in total. The van der Waals surface area contributed by atoms with Gasteiger partial charge in [-0.2, -0.15) is 0 Å². The number of nitrogens with one attached hydrogen (secondary N) is 2. The Kier molecular flexibility index (Phi) is 9.96. The third kappa shape index (κ3) is 7.96. The number of rotatable bonds is 0. The van der Waals surface area contributed by atoms with Crippen LogP contribution in [0.4, 0.5) is 0 Å². The summed E-state index contributed by atoms with van der Waals surface area (Å²) < 4.78 is 10.5. The minimum atomic E-state index is -0.414. The summed E-state index contributed by atoms with van der Waals surface area (Å²) >= 11 is 0. The van der Waals surface area contributed by atoms with Gasteiger partial charge in [-0.05, 0) is 38.5 Å². The Balaban J connectivity index is 1.84. The van der Waals surface area contributed by atoms with Crippen molar-refractivity contribution >= 4 is 23.8 Å². The highest BCUT2D eigenvalue weighted by Gasteiger charge is 2.40. The predicted molar refractivity (Wildman–Crippen MR) is 100 cm³/mol. The maximum atomic E-state index is 12.5. The number of cyclic esters (lactones) is 2. The molecule has 2 aliphatic rings. The van der Waals surface area contributed by atoms with Gasteiger partial charge in [0.05, 0.1) is 26.2 Å². The lowest BCUT2D eigenvalue weighted by molar-refractivity contribution is -0.824. The number of fused-ring (bicyclic) bond motifs is 1. The van der Waals surface area contributed by atoms with Crippen molar-refractivity contribution in [3.63, 3.8) is 0 Å². The van der Waals surface area contributed by atoms with E-state index in [0.717, 1.165) is 12.8 Å². The standard InChI is InChI=1S/C20H32N2O6/c23-17-9-1-2-10-18(24)22-13-7-8-16(22)20(26)28-15-6-5-14-27-19(25)11-3-4-12-21-17/h16H,1-15H2,(H,21,23)/p+1. The smallest absolute Gasteiger partial charge is 0.365 e. The molecule has 0 spiro atoms. The number of hydrogen-bond donors (Lipinski definition) is 2. The van der Waals surface area contributed by atoms with Crippen molar-refractivity contribution in [1.29, 1.82) is 0 Å². The molecular formula is C20H33N2O6+. The van der Waals surface area contributed by atoms with Crippen LogP contribution in [0.3, 0.4) is 0 Å². The van der Waals surface area contributed by atoms with Gasteiger partial charge in [-0.25, -0.2) is 9.59 Å². The molecule has 0 aromatic carbocycles. The largest absolute Gasteiger partial charge is 0.466 e. The number of quaternary nitrogens is 1. The van der Waals surface area contributed by atoms with E-state index in [-0.39, 0.29) is 30.4 Å². The fourth-order valence-corrected chi connectivity index (χ4v) is 3.62. The van der Waals surface area contributed by atoms with E-state index in [1.807, 2.05) is 0 Å². The van der Waals surface area contributed by atoms with Crippen LogP contribution in [-0.4, -0.2) is 56.1 Å². The summed E-state index contributed by atoms with van der Waals surface area (Å²) in [7, 11) is 0. The van der Waals surface area contributed by atoms with Crippen LogP contribution in [0.15, 0.2) is 0 Å². The van der Waals surface area contributed by atoms with Gasteiger partial charge in [0.2, 0.25) is 5.91 Å². The van der Waals surface area contributed by atoms with Gasteiger partial charge in [-0.1, -0.05) is 0 Å². The molecule has 2 heterocycles. The van der Waals surface area contributed by atoms with Crippen molar-refractivity contribution in [2.24, 2.45) is 0 Å². The molecule has 2 unspecified atom stereocenters. The van der Waals surface area contributed by atoms with E-state index < -0.39 is 6.04 Å². The molecule has 0 aliphatic carbocycles. The van der Waals surface area contributed by atoms with Crippen LogP contribution >= 0.6 is 0 Å². The first-order valence-electron chi connectivity index (χ1n) is 10.6. The number of carbonyl (C=O) groups excluding carboxylic acids is 4. The van der Waals surface area contributed by atoms with E-state index in [1.54, 1.807) is 0 Å². The molecular weight excluding hydrogens is 364 g/mol. The molecule has 2 aliphatic heterocycles. The monoisotopic (exact) mass is 397 g/mol. The molecule has 0 radical (unpaired) electrons. The highest BCUT2D eigenvalue weighted by atomic mass is 16.5. The normalized spacial score (nSPS) is 27.7. The highest BCUT2D eigenvalue weighted by molar-refractivity contribution is 5.78. The second-order valence-corrected chi connectivity index (χ2v) is 7.50. The topological polar surface area (TPSA) is 103 Å². The number of esters is 2. The maximum absolute atomic E-state index is 12.5. The molecule has 2 saturated heterocycles. The molecule has 8 nitrogen and oxygen atoms in total. The third-order valence-corrected chi connectivity index (χ3v) is 5.24. The van der Waals surface area contributed by atoms with Crippen LogP contribution < -0.4 is 10.2 Å². The van der Waals surface area contributed by atoms with Crippen LogP contribution in [0.2, 0.25) is 0 Å². The second-order valence-electron chi connectivity index (χ2n) is 7.50. The molecule has 2 fully saturated rings.